The highest BCUT2D eigenvalue weighted by molar-refractivity contribution is 6.35. The minimum absolute atomic E-state index is 0.0948. The quantitative estimate of drug-likeness (QED) is 0.412. The molecule has 0 aliphatic carbocycles. The monoisotopic (exact) mass is 409 g/mol. The minimum atomic E-state index is -1.05. The van der Waals surface area contributed by atoms with Gasteiger partial charge in [-0.15, -0.1) is 0 Å². The van der Waals surface area contributed by atoms with E-state index in [9.17, 15) is 40.2 Å². The molecule has 0 atom stereocenters. The zero-order chi connectivity index (χ0) is 21.0. The molecule has 1 amide bonds. The highest BCUT2D eigenvalue weighted by Crippen LogP contribution is 2.34. The fraction of sp³-hybridized carbons (Fsp3) is 0. The van der Waals surface area contributed by atoms with Gasteiger partial charge in [-0.05, 0) is 6.07 Å². The van der Waals surface area contributed by atoms with Gasteiger partial charge >= 0.3 is 0 Å². The van der Waals surface area contributed by atoms with Gasteiger partial charge in [-0.25, -0.2) is 5.43 Å². The zero-order valence-corrected chi connectivity index (χ0v) is 14.2. The molecule has 28 heavy (non-hydrogen) atoms. The Hall–Kier alpha value is -4.13. The van der Waals surface area contributed by atoms with Gasteiger partial charge in [0.15, 0.2) is 5.02 Å². The van der Waals surface area contributed by atoms with Gasteiger partial charge in [-0.1, -0.05) is 11.6 Å². The van der Waals surface area contributed by atoms with Crippen LogP contribution in [0.1, 0.15) is 15.9 Å². The van der Waals surface area contributed by atoms with E-state index in [1.54, 1.807) is 0 Å². The van der Waals surface area contributed by atoms with E-state index in [1.807, 2.05) is 5.43 Å². The van der Waals surface area contributed by atoms with Crippen LogP contribution in [0.3, 0.4) is 0 Å². The second-order valence-corrected chi connectivity index (χ2v) is 5.42. The summed E-state index contributed by atoms with van der Waals surface area (Å²) in [6.45, 7) is 0. The lowest BCUT2D eigenvalue weighted by atomic mass is 10.1. The molecule has 0 fully saturated rings. The molecule has 0 bridgehead atoms. The van der Waals surface area contributed by atoms with Crippen molar-refractivity contribution in [2.75, 3.05) is 0 Å². The van der Waals surface area contributed by atoms with Crippen molar-refractivity contribution in [2.24, 2.45) is 5.10 Å². The smallest absolute Gasteiger partial charge is 0.295 e. The number of nitrogens with one attached hydrogen (secondary N) is 1. The second kappa shape index (κ2) is 8.05. The van der Waals surface area contributed by atoms with Gasteiger partial charge in [0.2, 0.25) is 0 Å². The topological polar surface area (TPSA) is 191 Å². The maximum Gasteiger partial charge on any atom is 0.295 e. The molecule has 0 heterocycles. The fourth-order valence-electron chi connectivity index (χ4n) is 1.97. The van der Waals surface area contributed by atoms with Crippen LogP contribution in [0, 0.1) is 30.3 Å². The van der Waals surface area contributed by atoms with Gasteiger partial charge in [0.05, 0.1) is 26.5 Å². The first-order valence-corrected chi connectivity index (χ1v) is 7.42. The molecule has 0 unspecified atom stereocenters. The normalized spacial score (nSPS) is 10.6. The maximum atomic E-state index is 12.1. The minimum Gasteiger partial charge on any atom is -0.507 e. The average Bonchev–Trinajstić information content (AvgIpc) is 2.62. The number of carbonyl (C=O) groups is 1. The summed E-state index contributed by atoms with van der Waals surface area (Å²) >= 11 is 5.59. The molecule has 2 rings (SSSR count). The third-order valence-electron chi connectivity index (χ3n) is 3.28. The number of nitro groups is 3. The summed E-state index contributed by atoms with van der Waals surface area (Å²) < 4.78 is 0. The van der Waals surface area contributed by atoms with Crippen molar-refractivity contribution in [3.8, 4) is 5.75 Å². The van der Waals surface area contributed by atoms with Gasteiger partial charge in [-0.2, -0.15) is 5.10 Å². The number of nitrogens with zero attached hydrogens (tertiary/aromatic N) is 4. The summed E-state index contributed by atoms with van der Waals surface area (Å²) in [7, 11) is 0. The largest absolute Gasteiger partial charge is 0.507 e. The van der Waals surface area contributed by atoms with E-state index in [1.165, 1.54) is 0 Å². The Labute approximate surface area is 159 Å². The Morgan fingerprint density at radius 2 is 1.61 bits per heavy atom. The van der Waals surface area contributed by atoms with Gasteiger partial charge in [0, 0.05) is 29.8 Å². The lowest BCUT2D eigenvalue weighted by Crippen LogP contribution is -2.18. The van der Waals surface area contributed by atoms with Crippen LogP contribution in [0.5, 0.6) is 5.75 Å². The van der Waals surface area contributed by atoms with E-state index in [-0.39, 0.29) is 17.0 Å². The molecular formula is C14H8ClN5O8. The van der Waals surface area contributed by atoms with Crippen LogP contribution in [0.25, 0.3) is 0 Å². The highest BCUT2D eigenvalue weighted by Gasteiger charge is 2.27. The summed E-state index contributed by atoms with van der Waals surface area (Å²) in [4.78, 5) is 42.0. The number of halogens is 1. The second-order valence-electron chi connectivity index (χ2n) is 5.04. The maximum absolute atomic E-state index is 12.1. The number of hydrogen-bond donors (Lipinski definition) is 2. The molecule has 14 heteroatoms. The number of hydrogen-bond acceptors (Lipinski definition) is 9. The SMILES string of the molecule is O=C(N/N=C/c1cc([N+](=O)[O-])ccc1O)c1cc([N+](=O)[O-])c(Cl)c([N+](=O)[O-])c1. The molecule has 2 N–H and O–H groups in total. The first-order valence-electron chi connectivity index (χ1n) is 7.05. The average molecular weight is 410 g/mol. The van der Waals surface area contributed by atoms with Gasteiger partial charge in [0.1, 0.15) is 5.75 Å². The third kappa shape index (κ3) is 4.34. The van der Waals surface area contributed by atoms with Crippen LogP contribution in [0.2, 0.25) is 5.02 Å². The molecular weight excluding hydrogens is 402 g/mol. The van der Waals surface area contributed by atoms with Crippen LogP contribution in [0.15, 0.2) is 35.4 Å². The lowest BCUT2D eigenvalue weighted by molar-refractivity contribution is -0.393. The number of nitro benzene ring substituents is 3. The van der Waals surface area contributed by atoms with E-state index >= 15 is 0 Å². The van der Waals surface area contributed by atoms with Crippen LogP contribution < -0.4 is 5.43 Å². The molecule has 13 nitrogen and oxygen atoms in total. The number of phenols is 1. The molecule has 0 radical (unpaired) electrons. The van der Waals surface area contributed by atoms with Crippen molar-refractivity contribution in [2.45, 2.75) is 0 Å². The molecule has 0 aliphatic heterocycles. The molecule has 2 aromatic rings. The summed E-state index contributed by atoms with van der Waals surface area (Å²) in [5.41, 5.74) is -0.658. The summed E-state index contributed by atoms with van der Waals surface area (Å²) in [5.74, 6) is -1.41. The third-order valence-corrected chi connectivity index (χ3v) is 3.67. The fourth-order valence-corrected chi connectivity index (χ4v) is 2.22. The zero-order valence-electron chi connectivity index (χ0n) is 13.4. The number of amides is 1. The van der Waals surface area contributed by atoms with Crippen molar-refractivity contribution in [3.63, 3.8) is 0 Å². The molecule has 0 spiro atoms. The predicted octanol–water partition coefficient (Wildman–Crippen LogP) is 2.53. The highest BCUT2D eigenvalue weighted by atomic mass is 35.5. The van der Waals surface area contributed by atoms with Crippen molar-refractivity contribution < 1.29 is 24.7 Å². The summed E-state index contributed by atoms with van der Waals surface area (Å²) in [6.07, 6.45) is 0.888. The van der Waals surface area contributed by atoms with Crippen molar-refractivity contribution >= 4 is 40.8 Å². The standard InChI is InChI=1S/C14H8ClN5O8/c15-13-10(19(25)26)4-7(5-11(13)20(27)28)14(22)17-16-6-8-3-9(18(23)24)1-2-12(8)21/h1-6,21H,(H,17,22)/b16-6+. The molecule has 0 aliphatic rings. The van der Waals surface area contributed by atoms with E-state index < -0.39 is 42.6 Å². The van der Waals surface area contributed by atoms with Gasteiger partial charge < -0.3 is 5.11 Å². The number of aromatic hydroxyl groups is 1. The lowest BCUT2D eigenvalue weighted by Gasteiger charge is -2.03. The van der Waals surface area contributed by atoms with Crippen molar-refractivity contribution in [1.82, 2.24) is 5.43 Å². The number of hydrazone groups is 1. The first-order chi connectivity index (χ1) is 13.1. The van der Waals surface area contributed by atoms with Gasteiger partial charge in [-0.3, -0.25) is 35.1 Å². The molecule has 0 saturated heterocycles. The Morgan fingerprint density at radius 1 is 1.04 bits per heavy atom. The molecule has 144 valence electrons. The Morgan fingerprint density at radius 3 is 2.11 bits per heavy atom. The Bertz CT molecular complexity index is 1000. The van der Waals surface area contributed by atoms with E-state index in [4.69, 9.17) is 11.6 Å². The number of non-ortho nitro benzene ring substituents is 1. The number of phenolic OH excluding ortho intramolecular Hbond substituents is 1. The Kier molecular flexibility index (Phi) is 5.80. The van der Waals surface area contributed by atoms with E-state index in [0.717, 1.165) is 36.5 Å². The van der Waals surface area contributed by atoms with E-state index in [2.05, 4.69) is 5.10 Å². The molecule has 0 aromatic heterocycles. The Balaban J connectivity index is 2.30. The first kappa shape index (κ1) is 20.2. The number of rotatable bonds is 6. The predicted molar refractivity (Wildman–Crippen MR) is 94.6 cm³/mol. The number of benzene rings is 2. The van der Waals surface area contributed by atoms with Crippen LogP contribution in [0.4, 0.5) is 17.1 Å². The summed E-state index contributed by atoms with van der Waals surface area (Å²) in [5, 5.41) is 45.0. The van der Waals surface area contributed by atoms with Gasteiger partial charge in [0.25, 0.3) is 23.0 Å². The van der Waals surface area contributed by atoms with Crippen LogP contribution >= 0.6 is 11.6 Å². The summed E-state index contributed by atoms with van der Waals surface area (Å²) in [6, 6.07) is 4.55. The van der Waals surface area contributed by atoms with E-state index in [0.29, 0.717) is 0 Å². The van der Waals surface area contributed by atoms with Crippen LogP contribution in [-0.4, -0.2) is 32.0 Å². The molecule has 0 saturated carbocycles. The van der Waals surface area contributed by atoms with Crippen molar-refractivity contribution in [3.05, 3.63) is 76.8 Å². The van der Waals surface area contributed by atoms with Crippen molar-refractivity contribution in [1.29, 1.82) is 0 Å². The molecule has 2 aromatic carbocycles. The van der Waals surface area contributed by atoms with Crippen LogP contribution in [-0.2, 0) is 0 Å². The number of carbonyl (C=O) groups excluding carboxylic acids is 1.